The molecule has 0 bridgehead atoms. The summed E-state index contributed by atoms with van der Waals surface area (Å²) < 4.78 is 0. The highest BCUT2D eigenvalue weighted by molar-refractivity contribution is 6.42. The molecule has 6 heteroatoms. The normalized spacial score (nSPS) is 22.1. The summed E-state index contributed by atoms with van der Waals surface area (Å²) in [5, 5.41) is 22.5. The fraction of sp³-hybridized carbons (Fsp3) is 0.250. The Labute approximate surface area is 243 Å². The number of rotatable bonds is 2. The van der Waals surface area contributed by atoms with Gasteiger partial charge in [-0.25, -0.2) is 0 Å². The van der Waals surface area contributed by atoms with E-state index < -0.39 is 0 Å². The molecule has 0 fully saturated rings. The second-order valence-corrected chi connectivity index (χ2v) is 11.5. The molecular formula is C32H28Cl4O2. The Bertz CT molecular complexity index is 1330. The van der Waals surface area contributed by atoms with Crippen molar-refractivity contribution in [1.29, 1.82) is 0 Å². The summed E-state index contributed by atoms with van der Waals surface area (Å²) in [4.78, 5) is 0. The molecule has 196 valence electrons. The van der Waals surface area contributed by atoms with Crippen LogP contribution in [0.1, 0.15) is 83.1 Å². The summed E-state index contributed by atoms with van der Waals surface area (Å²) in [6, 6.07) is 27.7. The van der Waals surface area contributed by atoms with Gasteiger partial charge in [-0.05, 0) is 83.3 Å². The van der Waals surface area contributed by atoms with Crippen LogP contribution in [0.25, 0.3) is 0 Å². The van der Waals surface area contributed by atoms with Gasteiger partial charge in [0.15, 0.2) is 0 Å². The van der Waals surface area contributed by atoms with E-state index in [-0.39, 0.29) is 24.0 Å². The van der Waals surface area contributed by atoms with Gasteiger partial charge in [-0.15, -0.1) is 0 Å². The molecule has 2 N–H and O–H groups in total. The van der Waals surface area contributed by atoms with Crippen LogP contribution < -0.4 is 0 Å². The maximum absolute atomic E-state index is 10.1. The lowest BCUT2D eigenvalue weighted by Gasteiger charge is -2.29. The van der Waals surface area contributed by atoms with Gasteiger partial charge >= 0.3 is 0 Å². The van der Waals surface area contributed by atoms with Crippen LogP contribution in [0, 0.1) is 0 Å². The molecule has 0 unspecified atom stereocenters. The van der Waals surface area contributed by atoms with Gasteiger partial charge in [-0.1, -0.05) is 107 Å². The van der Waals surface area contributed by atoms with Crippen LogP contribution in [-0.4, -0.2) is 10.2 Å². The van der Waals surface area contributed by atoms with Crippen LogP contribution in [0.15, 0.2) is 84.9 Å². The maximum Gasteiger partial charge on any atom is 0.0793 e. The predicted molar refractivity (Wildman–Crippen MR) is 158 cm³/mol. The first-order valence-electron chi connectivity index (χ1n) is 12.8. The van der Waals surface area contributed by atoms with E-state index in [1.807, 2.05) is 72.8 Å². The van der Waals surface area contributed by atoms with Gasteiger partial charge < -0.3 is 10.2 Å². The van der Waals surface area contributed by atoms with E-state index >= 15 is 0 Å². The van der Waals surface area contributed by atoms with Crippen LogP contribution in [0.4, 0.5) is 0 Å². The first-order chi connectivity index (χ1) is 18.3. The Hall–Kier alpha value is -2.04. The van der Waals surface area contributed by atoms with E-state index in [1.165, 1.54) is 11.1 Å². The number of hydrogen-bond acceptors (Lipinski definition) is 2. The molecule has 0 aliphatic heterocycles. The zero-order valence-electron chi connectivity index (χ0n) is 20.6. The lowest BCUT2D eigenvalue weighted by Crippen LogP contribution is -2.15. The minimum atomic E-state index is -0.352. The highest BCUT2D eigenvalue weighted by atomic mass is 35.5. The van der Waals surface area contributed by atoms with Crippen molar-refractivity contribution in [1.82, 2.24) is 0 Å². The van der Waals surface area contributed by atoms with Gasteiger partial charge in [0.1, 0.15) is 0 Å². The van der Waals surface area contributed by atoms with Crippen LogP contribution in [0.2, 0.25) is 20.1 Å². The van der Waals surface area contributed by atoms with E-state index in [1.54, 1.807) is 0 Å². The van der Waals surface area contributed by atoms with Crippen LogP contribution in [0.3, 0.4) is 0 Å². The fourth-order valence-corrected chi connectivity index (χ4v) is 6.30. The second-order valence-electron chi connectivity index (χ2n) is 9.90. The van der Waals surface area contributed by atoms with Crippen molar-refractivity contribution in [2.75, 3.05) is 0 Å². The summed E-state index contributed by atoms with van der Waals surface area (Å²) in [5.41, 5.74) is 6.77. The molecule has 2 aliphatic carbocycles. The largest absolute Gasteiger partial charge is 0.388 e. The van der Waals surface area contributed by atoms with Gasteiger partial charge in [0.05, 0.1) is 32.3 Å². The highest BCUT2D eigenvalue weighted by Crippen LogP contribution is 2.43. The molecule has 0 aromatic heterocycles. The monoisotopic (exact) mass is 584 g/mol. The van der Waals surface area contributed by atoms with Gasteiger partial charge in [-0.3, -0.25) is 0 Å². The SMILES string of the molecule is O[C@@H]1CC[C@H](c2ccc(Cl)c(Cl)c2)c2ccccc21.O[C@H]1CC[C@H](c2ccc(Cl)c(Cl)c2)c2ccccc21. The van der Waals surface area contributed by atoms with E-state index in [9.17, 15) is 10.2 Å². The third kappa shape index (κ3) is 5.77. The Balaban J connectivity index is 0.000000155. The van der Waals surface area contributed by atoms with Gasteiger partial charge in [0.2, 0.25) is 0 Å². The van der Waals surface area contributed by atoms with Crippen molar-refractivity contribution in [3.8, 4) is 0 Å². The molecule has 0 amide bonds. The summed E-state index contributed by atoms with van der Waals surface area (Å²) in [6.45, 7) is 0. The molecule has 2 nitrogen and oxygen atoms in total. The number of aliphatic hydroxyl groups excluding tert-OH is 2. The topological polar surface area (TPSA) is 40.5 Å². The van der Waals surface area contributed by atoms with Crippen molar-refractivity contribution < 1.29 is 10.2 Å². The van der Waals surface area contributed by atoms with Crippen LogP contribution in [0.5, 0.6) is 0 Å². The zero-order chi connectivity index (χ0) is 26.8. The van der Waals surface area contributed by atoms with Crippen molar-refractivity contribution in [3.63, 3.8) is 0 Å². The molecule has 2 aliphatic rings. The number of benzene rings is 4. The summed E-state index contributed by atoms with van der Waals surface area (Å²) in [7, 11) is 0. The van der Waals surface area contributed by atoms with E-state index in [0.29, 0.717) is 20.1 Å². The number of hydrogen-bond donors (Lipinski definition) is 2. The molecule has 0 radical (unpaired) electrons. The smallest absolute Gasteiger partial charge is 0.0793 e. The van der Waals surface area contributed by atoms with Gasteiger partial charge in [-0.2, -0.15) is 0 Å². The molecule has 4 aromatic carbocycles. The lowest BCUT2D eigenvalue weighted by atomic mass is 9.78. The predicted octanol–water partition coefficient (Wildman–Crippen LogP) is 9.90. The summed E-state index contributed by atoms with van der Waals surface area (Å²) in [6.07, 6.45) is 2.71. The Kier molecular flexibility index (Phi) is 8.69. The van der Waals surface area contributed by atoms with Crippen molar-refractivity contribution in [3.05, 3.63) is 138 Å². The van der Waals surface area contributed by atoms with Gasteiger partial charge in [0, 0.05) is 11.8 Å². The first kappa shape index (κ1) is 27.5. The van der Waals surface area contributed by atoms with E-state index in [2.05, 4.69) is 12.1 Å². The molecule has 38 heavy (non-hydrogen) atoms. The molecule has 4 aromatic rings. The third-order valence-electron chi connectivity index (χ3n) is 7.61. The fourth-order valence-electron chi connectivity index (χ4n) is 5.69. The quantitative estimate of drug-likeness (QED) is 0.246. The lowest BCUT2D eigenvalue weighted by molar-refractivity contribution is 0.153. The van der Waals surface area contributed by atoms with E-state index in [4.69, 9.17) is 46.4 Å². The molecule has 0 saturated carbocycles. The average Bonchev–Trinajstić information content (AvgIpc) is 2.93. The van der Waals surface area contributed by atoms with Crippen LogP contribution in [-0.2, 0) is 0 Å². The number of aliphatic hydroxyl groups is 2. The summed E-state index contributed by atoms with van der Waals surface area (Å²) >= 11 is 24.2. The minimum Gasteiger partial charge on any atom is -0.388 e. The minimum absolute atomic E-state index is 0.286. The maximum atomic E-state index is 10.1. The zero-order valence-corrected chi connectivity index (χ0v) is 23.7. The van der Waals surface area contributed by atoms with E-state index in [0.717, 1.165) is 47.9 Å². The Morgan fingerprint density at radius 2 is 0.816 bits per heavy atom. The van der Waals surface area contributed by atoms with Crippen molar-refractivity contribution in [2.24, 2.45) is 0 Å². The summed E-state index contributed by atoms with van der Waals surface area (Å²) in [5.74, 6) is 0.573. The molecule has 0 saturated heterocycles. The van der Waals surface area contributed by atoms with Crippen LogP contribution >= 0.6 is 46.4 Å². The first-order valence-corrected chi connectivity index (χ1v) is 14.3. The Morgan fingerprint density at radius 1 is 0.447 bits per heavy atom. The van der Waals surface area contributed by atoms with Crippen molar-refractivity contribution >= 4 is 46.4 Å². The average molecular weight is 586 g/mol. The molecule has 6 rings (SSSR count). The van der Waals surface area contributed by atoms with Crippen molar-refractivity contribution in [2.45, 2.75) is 49.7 Å². The molecule has 4 atom stereocenters. The molecule has 0 heterocycles. The van der Waals surface area contributed by atoms with Gasteiger partial charge in [0.25, 0.3) is 0 Å². The molecular weight excluding hydrogens is 558 g/mol. The second kappa shape index (κ2) is 12.0. The number of fused-ring (bicyclic) bond motifs is 2. The third-order valence-corrected chi connectivity index (χ3v) is 9.09. The standard InChI is InChI=1S/2C16H14Cl2O/c2*17-14-7-5-10(9-15(14)18)11-6-8-16(19)13-4-2-1-3-12(11)13/h2*1-5,7,9,11,16,19H,6,8H2/t11-,16+;11-,16-/m11/s1. The molecule has 0 spiro atoms. The highest BCUT2D eigenvalue weighted by Gasteiger charge is 2.28. The Morgan fingerprint density at radius 3 is 1.18 bits per heavy atom. The number of halogens is 4.